The van der Waals surface area contributed by atoms with E-state index in [9.17, 15) is 9.59 Å². The van der Waals surface area contributed by atoms with Crippen LogP contribution in [0.4, 0.5) is 0 Å². The molecule has 0 saturated carbocycles. The average molecular weight is 363 g/mol. The Balaban J connectivity index is 2.23. The minimum Gasteiger partial charge on any atom is -0.465 e. The van der Waals surface area contributed by atoms with Crippen LogP contribution in [-0.4, -0.2) is 18.4 Å². The van der Waals surface area contributed by atoms with E-state index in [0.29, 0.717) is 17.9 Å². The van der Waals surface area contributed by atoms with Crippen molar-refractivity contribution in [2.75, 3.05) is 6.54 Å². The van der Waals surface area contributed by atoms with E-state index in [2.05, 4.69) is 26.6 Å². The maximum atomic E-state index is 12.3. The molecule has 2 aromatic rings. The molecule has 1 aromatic heterocycles. The summed E-state index contributed by atoms with van der Waals surface area (Å²) in [6.07, 6.45) is 2.98. The van der Waals surface area contributed by atoms with Gasteiger partial charge in [0.05, 0.1) is 6.26 Å². The summed E-state index contributed by atoms with van der Waals surface area (Å²) in [7, 11) is 0. The van der Waals surface area contributed by atoms with Gasteiger partial charge in [-0.25, -0.2) is 0 Å². The van der Waals surface area contributed by atoms with Crippen LogP contribution < -0.4 is 10.6 Å². The van der Waals surface area contributed by atoms with Crippen LogP contribution in [0.15, 0.2) is 57.2 Å². The van der Waals surface area contributed by atoms with E-state index >= 15 is 0 Å². The molecular weight excluding hydrogens is 348 g/mol. The second-order valence-corrected chi connectivity index (χ2v) is 5.31. The maximum Gasteiger partial charge on any atom is 0.267 e. The Labute approximate surface area is 136 Å². The molecule has 0 bridgehead atoms. The van der Waals surface area contributed by atoms with Crippen LogP contribution >= 0.6 is 15.9 Å². The molecule has 5 nitrogen and oxygen atoms in total. The summed E-state index contributed by atoms with van der Waals surface area (Å²) < 4.78 is 5.97. The van der Waals surface area contributed by atoms with Gasteiger partial charge in [0.15, 0.2) is 0 Å². The van der Waals surface area contributed by atoms with Crippen molar-refractivity contribution in [2.45, 2.75) is 6.92 Å². The Hall–Kier alpha value is -2.34. The third-order valence-electron chi connectivity index (χ3n) is 2.75. The van der Waals surface area contributed by atoms with Gasteiger partial charge in [0.25, 0.3) is 11.8 Å². The number of amides is 2. The Morgan fingerprint density at radius 2 is 2.09 bits per heavy atom. The first-order valence-electron chi connectivity index (χ1n) is 6.70. The van der Waals surface area contributed by atoms with Crippen molar-refractivity contribution in [2.24, 2.45) is 0 Å². The second-order valence-electron chi connectivity index (χ2n) is 4.40. The van der Waals surface area contributed by atoms with Gasteiger partial charge >= 0.3 is 0 Å². The van der Waals surface area contributed by atoms with Crippen molar-refractivity contribution in [3.05, 3.63) is 64.2 Å². The molecule has 0 aliphatic heterocycles. The van der Waals surface area contributed by atoms with Crippen LogP contribution in [0.2, 0.25) is 0 Å². The number of halogens is 1. The Morgan fingerprint density at radius 1 is 1.27 bits per heavy atom. The lowest BCUT2D eigenvalue weighted by molar-refractivity contribution is -0.117. The molecule has 1 aromatic carbocycles. The van der Waals surface area contributed by atoms with Gasteiger partial charge in [-0.1, -0.05) is 22.0 Å². The first-order chi connectivity index (χ1) is 10.6. The highest BCUT2D eigenvalue weighted by Crippen LogP contribution is 2.12. The highest BCUT2D eigenvalue weighted by Gasteiger charge is 2.14. The summed E-state index contributed by atoms with van der Waals surface area (Å²) in [5, 5.41) is 5.27. The fourth-order valence-corrected chi connectivity index (χ4v) is 2.15. The normalized spacial score (nSPS) is 11.1. The number of hydrogen-bond donors (Lipinski definition) is 2. The predicted octanol–water partition coefficient (Wildman–Crippen LogP) is 2.95. The lowest BCUT2D eigenvalue weighted by Gasteiger charge is -2.09. The second kappa shape index (κ2) is 7.61. The molecule has 0 aliphatic carbocycles. The van der Waals surface area contributed by atoms with E-state index in [4.69, 9.17) is 4.42 Å². The minimum absolute atomic E-state index is 0.127. The predicted molar refractivity (Wildman–Crippen MR) is 87.0 cm³/mol. The molecule has 0 unspecified atom stereocenters. The van der Waals surface area contributed by atoms with Gasteiger partial charge in [0.2, 0.25) is 0 Å². The molecule has 0 fully saturated rings. The average Bonchev–Trinajstić information content (AvgIpc) is 2.99. The molecule has 2 rings (SSSR count). The monoisotopic (exact) mass is 362 g/mol. The molecule has 0 spiro atoms. The highest BCUT2D eigenvalue weighted by atomic mass is 79.9. The summed E-state index contributed by atoms with van der Waals surface area (Å²) in [4.78, 5) is 24.3. The third kappa shape index (κ3) is 4.33. The van der Waals surface area contributed by atoms with Gasteiger partial charge in [0.1, 0.15) is 11.5 Å². The lowest BCUT2D eigenvalue weighted by atomic mass is 10.2. The van der Waals surface area contributed by atoms with E-state index in [1.54, 1.807) is 37.3 Å². The summed E-state index contributed by atoms with van der Waals surface area (Å²) in [6, 6.07) is 10.3. The first kappa shape index (κ1) is 16.0. The number of carbonyl (C=O) groups is 2. The number of rotatable bonds is 5. The Kier molecular flexibility index (Phi) is 5.55. The van der Waals surface area contributed by atoms with E-state index in [0.717, 1.165) is 4.47 Å². The van der Waals surface area contributed by atoms with Crippen LogP contribution in [-0.2, 0) is 4.79 Å². The Morgan fingerprint density at radius 3 is 2.73 bits per heavy atom. The molecule has 0 radical (unpaired) electrons. The van der Waals surface area contributed by atoms with Crippen molar-refractivity contribution < 1.29 is 14.0 Å². The molecule has 2 amide bonds. The van der Waals surface area contributed by atoms with Gasteiger partial charge in [-0.3, -0.25) is 9.59 Å². The van der Waals surface area contributed by atoms with Gasteiger partial charge in [-0.05, 0) is 37.3 Å². The number of hydrogen-bond acceptors (Lipinski definition) is 3. The molecule has 114 valence electrons. The standard InChI is InChI=1S/C16H15BrN2O3/c1-2-18-16(21)14(10-13-7-4-8-22-13)19-15(20)11-5-3-6-12(17)9-11/h3-10H,2H2,1H3,(H,18,21)(H,19,20)/b14-10+. The van der Waals surface area contributed by atoms with Crippen LogP contribution in [0, 0.1) is 0 Å². The fraction of sp³-hybridized carbons (Fsp3) is 0.125. The number of benzene rings is 1. The van der Waals surface area contributed by atoms with E-state index in [1.807, 2.05) is 6.07 Å². The fourth-order valence-electron chi connectivity index (χ4n) is 1.75. The summed E-state index contributed by atoms with van der Waals surface area (Å²) in [6.45, 7) is 2.26. The summed E-state index contributed by atoms with van der Waals surface area (Å²) in [5.74, 6) is -0.261. The molecular formula is C16H15BrN2O3. The quantitative estimate of drug-likeness (QED) is 0.803. The van der Waals surface area contributed by atoms with Gasteiger partial charge in [-0.2, -0.15) is 0 Å². The van der Waals surface area contributed by atoms with Crippen molar-refractivity contribution >= 4 is 33.8 Å². The number of nitrogens with one attached hydrogen (secondary N) is 2. The Bertz CT molecular complexity index is 693. The number of furan rings is 1. The maximum absolute atomic E-state index is 12.3. The minimum atomic E-state index is -0.373. The third-order valence-corrected chi connectivity index (χ3v) is 3.24. The number of carbonyl (C=O) groups excluding carboxylic acids is 2. The zero-order valence-electron chi connectivity index (χ0n) is 11.9. The van der Waals surface area contributed by atoms with E-state index in [-0.39, 0.29) is 17.5 Å². The molecule has 0 aliphatic rings. The van der Waals surface area contributed by atoms with Crippen LogP contribution in [0.25, 0.3) is 6.08 Å². The topological polar surface area (TPSA) is 71.3 Å². The summed E-state index contributed by atoms with van der Waals surface area (Å²) >= 11 is 3.31. The summed E-state index contributed by atoms with van der Waals surface area (Å²) in [5.41, 5.74) is 0.575. The molecule has 0 atom stereocenters. The zero-order chi connectivity index (χ0) is 15.9. The first-order valence-corrected chi connectivity index (χ1v) is 7.49. The van der Waals surface area contributed by atoms with Crippen molar-refractivity contribution in [3.63, 3.8) is 0 Å². The zero-order valence-corrected chi connectivity index (χ0v) is 13.5. The number of likely N-dealkylation sites (N-methyl/N-ethyl adjacent to an activating group) is 1. The smallest absolute Gasteiger partial charge is 0.267 e. The van der Waals surface area contributed by atoms with Crippen molar-refractivity contribution in [1.29, 1.82) is 0 Å². The van der Waals surface area contributed by atoms with Crippen LogP contribution in [0.3, 0.4) is 0 Å². The lowest BCUT2D eigenvalue weighted by Crippen LogP contribution is -2.34. The van der Waals surface area contributed by atoms with E-state index in [1.165, 1.54) is 12.3 Å². The van der Waals surface area contributed by atoms with Crippen LogP contribution in [0.5, 0.6) is 0 Å². The largest absolute Gasteiger partial charge is 0.465 e. The highest BCUT2D eigenvalue weighted by molar-refractivity contribution is 9.10. The van der Waals surface area contributed by atoms with Gasteiger partial charge < -0.3 is 15.1 Å². The molecule has 22 heavy (non-hydrogen) atoms. The van der Waals surface area contributed by atoms with Crippen molar-refractivity contribution in [1.82, 2.24) is 10.6 Å². The van der Waals surface area contributed by atoms with E-state index < -0.39 is 0 Å². The SMILES string of the molecule is CCNC(=O)/C(=C\c1ccco1)NC(=O)c1cccc(Br)c1. The molecule has 0 saturated heterocycles. The molecule has 6 heteroatoms. The van der Waals surface area contributed by atoms with Crippen LogP contribution in [0.1, 0.15) is 23.0 Å². The van der Waals surface area contributed by atoms with Gasteiger partial charge in [0, 0.05) is 22.7 Å². The van der Waals surface area contributed by atoms with Crippen molar-refractivity contribution in [3.8, 4) is 0 Å². The molecule has 2 N–H and O–H groups in total. The molecule has 1 heterocycles. The van der Waals surface area contributed by atoms with Gasteiger partial charge in [-0.15, -0.1) is 0 Å².